The van der Waals surface area contributed by atoms with E-state index in [0.717, 1.165) is 11.3 Å². The van der Waals surface area contributed by atoms with Crippen molar-refractivity contribution in [1.82, 2.24) is 10.1 Å². The third-order valence-corrected chi connectivity index (χ3v) is 4.54. The summed E-state index contributed by atoms with van der Waals surface area (Å²) < 4.78 is 4.93. The van der Waals surface area contributed by atoms with Crippen LogP contribution < -0.4 is 5.32 Å². The Labute approximate surface area is 132 Å². The van der Waals surface area contributed by atoms with Crippen LogP contribution in [-0.4, -0.2) is 34.5 Å². The Morgan fingerprint density at radius 2 is 2.41 bits per heavy atom. The molecule has 0 spiro atoms. The molecule has 2 aromatic heterocycles. The molecule has 0 aromatic carbocycles. The molecule has 2 aromatic rings. The number of hydrogen-bond donors (Lipinski definition) is 1. The normalized spacial score (nSPS) is 17.7. The average molecular weight is 319 g/mol. The van der Waals surface area contributed by atoms with Crippen LogP contribution in [0.2, 0.25) is 0 Å². The summed E-state index contributed by atoms with van der Waals surface area (Å²) in [6, 6.07) is 5.09. The summed E-state index contributed by atoms with van der Waals surface area (Å²) in [5.74, 6) is 0.814. The summed E-state index contributed by atoms with van der Waals surface area (Å²) in [7, 11) is 0. The molecule has 0 bridgehead atoms. The van der Waals surface area contributed by atoms with E-state index < -0.39 is 6.04 Å². The topological polar surface area (TPSA) is 75.4 Å². The summed E-state index contributed by atoms with van der Waals surface area (Å²) in [6.07, 6.45) is 1.87. The van der Waals surface area contributed by atoms with Gasteiger partial charge in [-0.25, -0.2) is 0 Å². The van der Waals surface area contributed by atoms with Crippen molar-refractivity contribution in [1.29, 1.82) is 0 Å². The van der Waals surface area contributed by atoms with Gasteiger partial charge in [-0.1, -0.05) is 11.2 Å². The molecule has 1 fully saturated rings. The van der Waals surface area contributed by atoms with E-state index in [0.29, 0.717) is 31.0 Å². The van der Waals surface area contributed by atoms with Gasteiger partial charge < -0.3 is 14.7 Å². The minimum absolute atomic E-state index is 0.00330. The molecule has 3 rings (SSSR count). The SMILES string of the molecule is Cc1cc(NC(=O)[C@@H]2CCCN2C(=O)Cc2cccs2)no1. The van der Waals surface area contributed by atoms with Gasteiger partial charge >= 0.3 is 0 Å². The molecule has 22 heavy (non-hydrogen) atoms. The van der Waals surface area contributed by atoms with Gasteiger partial charge in [0.05, 0.1) is 6.42 Å². The van der Waals surface area contributed by atoms with Gasteiger partial charge in [-0.15, -0.1) is 11.3 Å². The van der Waals surface area contributed by atoms with Gasteiger partial charge in [0.25, 0.3) is 0 Å². The highest BCUT2D eigenvalue weighted by atomic mass is 32.1. The largest absolute Gasteiger partial charge is 0.360 e. The van der Waals surface area contributed by atoms with Gasteiger partial charge in [-0.3, -0.25) is 9.59 Å². The molecule has 1 atom stereocenters. The average Bonchev–Trinajstić information content (AvgIpc) is 3.19. The lowest BCUT2D eigenvalue weighted by Crippen LogP contribution is -2.43. The second-order valence-corrected chi connectivity index (χ2v) is 6.35. The molecule has 0 saturated carbocycles. The minimum atomic E-state index is -0.426. The van der Waals surface area contributed by atoms with Crippen LogP contribution in [-0.2, 0) is 16.0 Å². The van der Waals surface area contributed by atoms with E-state index in [2.05, 4.69) is 10.5 Å². The van der Waals surface area contributed by atoms with Crippen molar-refractivity contribution in [2.24, 2.45) is 0 Å². The first-order chi connectivity index (χ1) is 10.6. The molecule has 1 saturated heterocycles. The molecule has 7 heteroatoms. The number of rotatable bonds is 4. The summed E-state index contributed by atoms with van der Waals surface area (Å²) in [5.41, 5.74) is 0. The van der Waals surface area contributed by atoms with E-state index in [-0.39, 0.29) is 11.8 Å². The van der Waals surface area contributed by atoms with Crippen LogP contribution >= 0.6 is 11.3 Å². The van der Waals surface area contributed by atoms with Gasteiger partial charge in [-0.05, 0) is 31.2 Å². The Kier molecular flexibility index (Phi) is 4.24. The highest BCUT2D eigenvalue weighted by molar-refractivity contribution is 7.10. The predicted molar refractivity (Wildman–Crippen MR) is 82.6 cm³/mol. The highest BCUT2D eigenvalue weighted by Crippen LogP contribution is 2.21. The summed E-state index contributed by atoms with van der Waals surface area (Å²) in [4.78, 5) is 27.4. The Morgan fingerprint density at radius 3 is 3.09 bits per heavy atom. The van der Waals surface area contributed by atoms with Crippen molar-refractivity contribution < 1.29 is 14.1 Å². The second-order valence-electron chi connectivity index (χ2n) is 5.31. The van der Waals surface area contributed by atoms with E-state index in [4.69, 9.17) is 4.52 Å². The quantitative estimate of drug-likeness (QED) is 0.937. The Hall–Kier alpha value is -2.15. The van der Waals surface area contributed by atoms with Crippen LogP contribution in [0.5, 0.6) is 0 Å². The Bertz CT molecular complexity index is 665. The fourth-order valence-corrected chi connectivity index (χ4v) is 3.33. The molecule has 0 unspecified atom stereocenters. The van der Waals surface area contributed by atoms with Crippen LogP contribution in [0.1, 0.15) is 23.5 Å². The van der Waals surface area contributed by atoms with Crippen molar-refractivity contribution >= 4 is 29.0 Å². The lowest BCUT2D eigenvalue weighted by molar-refractivity contribution is -0.136. The van der Waals surface area contributed by atoms with E-state index >= 15 is 0 Å². The molecule has 2 amide bonds. The number of nitrogens with one attached hydrogen (secondary N) is 1. The molecule has 0 aliphatic carbocycles. The molecule has 1 aliphatic rings. The van der Waals surface area contributed by atoms with Crippen LogP contribution in [0.4, 0.5) is 5.82 Å². The van der Waals surface area contributed by atoms with Gasteiger partial charge in [0, 0.05) is 17.5 Å². The molecule has 1 N–H and O–H groups in total. The van der Waals surface area contributed by atoms with E-state index in [1.54, 1.807) is 29.2 Å². The number of thiophene rings is 1. The summed E-state index contributed by atoms with van der Waals surface area (Å²) in [6.45, 7) is 2.38. The first kappa shape index (κ1) is 14.8. The smallest absolute Gasteiger partial charge is 0.248 e. The molecule has 6 nitrogen and oxygen atoms in total. The molecule has 3 heterocycles. The molecule has 116 valence electrons. The van der Waals surface area contributed by atoms with Crippen LogP contribution in [0, 0.1) is 6.92 Å². The number of hydrogen-bond acceptors (Lipinski definition) is 5. The summed E-state index contributed by atoms with van der Waals surface area (Å²) in [5, 5.41) is 8.41. The van der Waals surface area contributed by atoms with E-state index in [1.807, 2.05) is 17.5 Å². The van der Waals surface area contributed by atoms with Crippen molar-refractivity contribution in [3.63, 3.8) is 0 Å². The van der Waals surface area contributed by atoms with Gasteiger partial charge in [0.15, 0.2) is 5.82 Å². The van der Waals surface area contributed by atoms with Crippen molar-refractivity contribution in [2.45, 2.75) is 32.2 Å². The summed E-state index contributed by atoms with van der Waals surface area (Å²) >= 11 is 1.55. The van der Waals surface area contributed by atoms with Crippen molar-refractivity contribution in [3.05, 3.63) is 34.2 Å². The number of nitrogens with zero attached hydrogens (tertiary/aromatic N) is 2. The maximum absolute atomic E-state index is 12.4. The lowest BCUT2D eigenvalue weighted by Gasteiger charge is -2.23. The van der Waals surface area contributed by atoms with Gasteiger partial charge in [-0.2, -0.15) is 0 Å². The van der Waals surface area contributed by atoms with Gasteiger partial charge in [0.1, 0.15) is 11.8 Å². The molecule has 1 aliphatic heterocycles. The number of amides is 2. The maximum atomic E-state index is 12.4. The first-order valence-electron chi connectivity index (χ1n) is 7.19. The van der Waals surface area contributed by atoms with E-state index in [1.165, 1.54) is 0 Å². The highest BCUT2D eigenvalue weighted by Gasteiger charge is 2.34. The zero-order valence-corrected chi connectivity index (χ0v) is 13.1. The predicted octanol–water partition coefficient (Wildman–Crippen LogP) is 2.22. The molecular weight excluding hydrogens is 302 g/mol. The first-order valence-corrected chi connectivity index (χ1v) is 8.07. The maximum Gasteiger partial charge on any atom is 0.248 e. The zero-order valence-electron chi connectivity index (χ0n) is 12.2. The number of carbonyl (C=O) groups is 2. The van der Waals surface area contributed by atoms with Crippen LogP contribution in [0.15, 0.2) is 28.1 Å². The third kappa shape index (κ3) is 3.19. The number of carbonyl (C=O) groups excluding carboxylic acids is 2. The second kappa shape index (κ2) is 6.31. The minimum Gasteiger partial charge on any atom is -0.360 e. The Morgan fingerprint density at radius 1 is 1.55 bits per heavy atom. The van der Waals surface area contributed by atoms with Crippen LogP contribution in [0.25, 0.3) is 0 Å². The van der Waals surface area contributed by atoms with Crippen LogP contribution in [0.3, 0.4) is 0 Å². The number of likely N-dealkylation sites (tertiary alicyclic amines) is 1. The molecule has 0 radical (unpaired) electrons. The Balaban J connectivity index is 1.64. The third-order valence-electron chi connectivity index (χ3n) is 3.66. The standard InChI is InChI=1S/C15H17N3O3S/c1-10-8-13(17-21-10)16-15(20)12-5-2-6-18(12)14(19)9-11-4-3-7-22-11/h3-4,7-8,12H,2,5-6,9H2,1H3,(H,16,17,20)/t12-/m0/s1. The van der Waals surface area contributed by atoms with Gasteiger partial charge in [0.2, 0.25) is 11.8 Å². The van der Waals surface area contributed by atoms with Crippen molar-refractivity contribution in [3.8, 4) is 0 Å². The van der Waals surface area contributed by atoms with E-state index in [9.17, 15) is 9.59 Å². The molecular formula is C15H17N3O3S. The zero-order chi connectivity index (χ0) is 15.5. The number of aryl methyl sites for hydroxylation is 1. The van der Waals surface area contributed by atoms with Crippen molar-refractivity contribution in [2.75, 3.05) is 11.9 Å². The number of aromatic nitrogens is 1. The lowest BCUT2D eigenvalue weighted by atomic mass is 10.2. The number of anilines is 1. The monoisotopic (exact) mass is 319 g/mol. The fourth-order valence-electron chi connectivity index (χ4n) is 2.64. The fraction of sp³-hybridized carbons (Fsp3) is 0.400.